The minimum atomic E-state index is -0.0439. The maximum Gasteiger partial charge on any atom is 0.315 e. The molecule has 2 aliphatic rings. The van der Waals surface area contributed by atoms with Crippen LogP contribution >= 0.6 is 11.8 Å². The zero-order chi connectivity index (χ0) is 15.4. The second-order valence-corrected chi connectivity index (χ2v) is 7.00. The van der Waals surface area contributed by atoms with Crippen LogP contribution in [-0.2, 0) is 11.3 Å². The third-order valence-corrected chi connectivity index (χ3v) is 5.63. The van der Waals surface area contributed by atoms with Crippen molar-refractivity contribution in [2.24, 2.45) is 0 Å². The van der Waals surface area contributed by atoms with Crippen molar-refractivity contribution in [1.29, 1.82) is 0 Å². The Morgan fingerprint density at radius 1 is 1.41 bits per heavy atom. The molecule has 2 fully saturated rings. The van der Waals surface area contributed by atoms with E-state index in [2.05, 4.69) is 16.0 Å². The predicted octanol–water partition coefficient (Wildman–Crippen LogP) is 1.62. The maximum absolute atomic E-state index is 11.7. The lowest BCUT2D eigenvalue weighted by Gasteiger charge is -2.16. The molecule has 3 N–H and O–H groups in total. The van der Waals surface area contributed by atoms with E-state index >= 15 is 0 Å². The first-order valence-corrected chi connectivity index (χ1v) is 8.75. The predicted molar refractivity (Wildman–Crippen MR) is 84.5 cm³/mol. The molecule has 1 aromatic rings. The summed E-state index contributed by atoms with van der Waals surface area (Å²) in [5.41, 5.74) is 0. The minimum absolute atomic E-state index is 0.0439. The van der Waals surface area contributed by atoms with Crippen molar-refractivity contribution in [3.05, 3.63) is 24.2 Å². The number of thioether (sulfide) groups is 1. The molecule has 3 amide bonds. The van der Waals surface area contributed by atoms with E-state index in [1.807, 2.05) is 23.9 Å². The maximum atomic E-state index is 11.7. The second kappa shape index (κ2) is 7.09. The highest BCUT2D eigenvalue weighted by Crippen LogP contribution is 2.33. The van der Waals surface area contributed by atoms with Crippen LogP contribution in [0.15, 0.2) is 22.8 Å². The molecule has 0 saturated carbocycles. The number of hydrogen-bond acceptors (Lipinski definition) is 4. The molecule has 0 bridgehead atoms. The van der Waals surface area contributed by atoms with E-state index in [1.165, 1.54) is 0 Å². The van der Waals surface area contributed by atoms with Crippen molar-refractivity contribution in [3.8, 4) is 0 Å². The van der Waals surface area contributed by atoms with Gasteiger partial charge in [0.2, 0.25) is 5.91 Å². The fourth-order valence-corrected chi connectivity index (χ4v) is 4.50. The summed E-state index contributed by atoms with van der Waals surface area (Å²) in [5.74, 6) is 1.81. The van der Waals surface area contributed by atoms with Gasteiger partial charge in [-0.15, -0.1) is 0 Å². The van der Waals surface area contributed by atoms with Gasteiger partial charge < -0.3 is 20.4 Å². The summed E-state index contributed by atoms with van der Waals surface area (Å²) >= 11 is 1.91. The van der Waals surface area contributed by atoms with Crippen molar-refractivity contribution in [3.63, 3.8) is 0 Å². The van der Waals surface area contributed by atoms with Gasteiger partial charge in [-0.2, -0.15) is 11.8 Å². The number of nitrogens with one attached hydrogen (secondary N) is 3. The molecule has 3 atom stereocenters. The number of carbonyl (C=O) groups is 2. The lowest BCUT2D eigenvalue weighted by atomic mass is 10.0. The van der Waals surface area contributed by atoms with Gasteiger partial charge in [0.25, 0.3) is 0 Å². The number of fused-ring (bicyclic) bond motifs is 1. The first-order chi connectivity index (χ1) is 10.7. The van der Waals surface area contributed by atoms with Crippen LogP contribution in [0.4, 0.5) is 4.79 Å². The summed E-state index contributed by atoms with van der Waals surface area (Å²) in [6.45, 7) is 0.450. The largest absolute Gasteiger partial charge is 0.467 e. The average molecular weight is 323 g/mol. The number of carbonyl (C=O) groups excluding carboxylic acids is 2. The third kappa shape index (κ3) is 3.76. The molecule has 22 heavy (non-hydrogen) atoms. The van der Waals surface area contributed by atoms with Crippen molar-refractivity contribution in [1.82, 2.24) is 16.0 Å². The molecule has 120 valence electrons. The van der Waals surface area contributed by atoms with Gasteiger partial charge in [-0.3, -0.25) is 4.79 Å². The van der Waals surface area contributed by atoms with Crippen molar-refractivity contribution >= 4 is 23.7 Å². The van der Waals surface area contributed by atoms with Gasteiger partial charge in [0.1, 0.15) is 5.76 Å². The quantitative estimate of drug-likeness (QED) is 0.526. The number of urea groups is 1. The summed E-state index contributed by atoms with van der Waals surface area (Å²) in [6, 6.07) is 4.14. The molecule has 2 aliphatic heterocycles. The third-order valence-electron chi connectivity index (χ3n) is 4.12. The van der Waals surface area contributed by atoms with Gasteiger partial charge in [-0.25, -0.2) is 4.79 Å². The first-order valence-electron chi connectivity index (χ1n) is 7.70. The van der Waals surface area contributed by atoms with Crippen LogP contribution in [0.1, 0.15) is 31.4 Å². The second-order valence-electron chi connectivity index (χ2n) is 5.72. The van der Waals surface area contributed by atoms with Gasteiger partial charge in [-0.05, 0) is 25.0 Å². The van der Waals surface area contributed by atoms with Crippen LogP contribution in [0.25, 0.3) is 0 Å². The zero-order valence-corrected chi connectivity index (χ0v) is 13.2. The molecule has 0 spiro atoms. The molecule has 6 nitrogen and oxygen atoms in total. The van der Waals surface area contributed by atoms with Crippen molar-refractivity contribution < 1.29 is 14.0 Å². The van der Waals surface area contributed by atoms with Crippen LogP contribution in [0, 0.1) is 0 Å². The Balaban J connectivity index is 1.29. The standard InChI is InChI=1S/C15H21N3O3S/c19-13(16-8-10-4-3-7-21-10)6-2-1-5-12-14-11(9-22-12)17-15(20)18-14/h3-4,7,11-12,14H,1-2,5-6,8-9H2,(H,16,19)(H2,17,18,20)/t11-,12-,14+/m0/s1. The van der Waals surface area contributed by atoms with Crippen LogP contribution < -0.4 is 16.0 Å². The molecule has 3 rings (SSSR count). The number of amides is 3. The van der Waals surface area contributed by atoms with E-state index in [0.29, 0.717) is 18.2 Å². The van der Waals surface area contributed by atoms with Crippen LogP contribution in [0.2, 0.25) is 0 Å². The number of unbranched alkanes of at least 4 members (excludes halogenated alkanes) is 1. The van der Waals surface area contributed by atoms with E-state index in [4.69, 9.17) is 4.42 Å². The van der Waals surface area contributed by atoms with Crippen LogP contribution in [-0.4, -0.2) is 35.0 Å². The SMILES string of the molecule is O=C(CCCC[C@@H]1SC[C@@H]2NC(=O)N[C@H]21)NCc1ccco1. The molecular formula is C15H21N3O3S. The highest BCUT2D eigenvalue weighted by atomic mass is 32.2. The Morgan fingerprint density at radius 2 is 2.32 bits per heavy atom. The first kappa shape index (κ1) is 15.3. The molecule has 0 aliphatic carbocycles. The Morgan fingerprint density at radius 3 is 3.14 bits per heavy atom. The van der Waals surface area contributed by atoms with E-state index < -0.39 is 0 Å². The summed E-state index contributed by atoms with van der Waals surface area (Å²) in [5, 5.41) is 9.25. The number of rotatable bonds is 7. The Bertz CT molecular complexity index is 520. The van der Waals surface area contributed by atoms with Gasteiger partial charge in [0, 0.05) is 17.4 Å². The van der Waals surface area contributed by atoms with Crippen molar-refractivity contribution in [2.75, 3.05) is 5.75 Å². The van der Waals surface area contributed by atoms with Gasteiger partial charge in [0.15, 0.2) is 0 Å². The van der Waals surface area contributed by atoms with E-state index in [-0.39, 0.29) is 24.0 Å². The van der Waals surface area contributed by atoms with Crippen LogP contribution in [0.3, 0.4) is 0 Å². The van der Waals surface area contributed by atoms with E-state index in [9.17, 15) is 9.59 Å². The summed E-state index contributed by atoms with van der Waals surface area (Å²) in [4.78, 5) is 23.0. The number of furan rings is 1. The normalized spacial score (nSPS) is 26.4. The lowest BCUT2D eigenvalue weighted by molar-refractivity contribution is -0.121. The van der Waals surface area contributed by atoms with E-state index in [0.717, 1.165) is 30.8 Å². The van der Waals surface area contributed by atoms with Crippen LogP contribution in [0.5, 0.6) is 0 Å². The molecular weight excluding hydrogens is 302 g/mol. The highest BCUT2D eigenvalue weighted by Gasteiger charge is 2.42. The zero-order valence-electron chi connectivity index (χ0n) is 12.3. The van der Waals surface area contributed by atoms with Gasteiger partial charge in [0.05, 0.1) is 24.9 Å². The molecule has 0 aromatic carbocycles. The van der Waals surface area contributed by atoms with Crippen molar-refractivity contribution in [2.45, 2.75) is 49.6 Å². The summed E-state index contributed by atoms with van der Waals surface area (Å²) in [7, 11) is 0. The molecule has 0 unspecified atom stereocenters. The Labute approximate surface area is 133 Å². The molecule has 0 radical (unpaired) electrons. The lowest BCUT2D eigenvalue weighted by Crippen LogP contribution is -2.36. The molecule has 7 heteroatoms. The fraction of sp³-hybridized carbons (Fsp3) is 0.600. The minimum Gasteiger partial charge on any atom is -0.467 e. The molecule has 3 heterocycles. The average Bonchev–Trinajstić information content (AvgIpc) is 3.19. The Hall–Kier alpha value is -1.63. The fourth-order valence-electron chi connectivity index (χ4n) is 2.96. The highest BCUT2D eigenvalue weighted by molar-refractivity contribution is 8.00. The summed E-state index contributed by atoms with van der Waals surface area (Å²) < 4.78 is 5.17. The van der Waals surface area contributed by atoms with E-state index in [1.54, 1.807) is 6.26 Å². The van der Waals surface area contributed by atoms with Gasteiger partial charge >= 0.3 is 6.03 Å². The topological polar surface area (TPSA) is 83.4 Å². The monoisotopic (exact) mass is 323 g/mol. The number of hydrogen-bond donors (Lipinski definition) is 3. The molecule has 2 saturated heterocycles. The summed E-state index contributed by atoms with van der Waals surface area (Å²) in [6.07, 6.45) is 5.06. The smallest absolute Gasteiger partial charge is 0.315 e. The molecule has 1 aromatic heterocycles. The van der Waals surface area contributed by atoms with Gasteiger partial charge in [-0.1, -0.05) is 6.42 Å². The Kier molecular flexibility index (Phi) is 4.92.